The summed E-state index contributed by atoms with van der Waals surface area (Å²) >= 11 is 0. The van der Waals surface area contributed by atoms with Gasteiger partial charge in [0, 0.05) is 30.4 Å². The van der Waals surface area contributed by atoms with Gasteiger partial charge in [-0.15, -0.1) is 0 Å². The molecule has 0 radical (unpaired) electrons. The molecular weight excluding hydrogens is 368 g/mol. The number of nitrogens with zero attached hydrogens (tertiary/aromatic N) is 4. The number of aromatic nitrogens is 3. The first-order valence-corrected chi connectivity index (χ1v) is 9.95. The van der Waals surface area contributed by atoms with Gasteiger partial charge in [-0.05, 0) is 32.8 Å². The Bertz CT molecular complexity index is 1040. The van der Waals surface area contributed by atoms with Gasteiger partial charge in [0.25, 0.3) is 5.91 Å². The summed E-state index contributed by atoms with van der Waals surface area (Å²) in [5.41, 5.74) is 3.57. The standard InChI is InChI=1S/C22H24N4O3/c1-3-29-22(28)17-10-7-11-25(14-17)21(27)19-12-15(2)23-20-13-18(24-26(19)20)16-8-5-4-6-9-16/h4-6,8-9,12-13,17H,3,7,10-11,14H2,1-2H3. The lowest BCUT2D eigenvalue weighted by molar-refractivity contribution is -0.149. The minimum atomic E-state index is -0.274. The second-order valence-electron chi connectivity index (χ2n) is 7.29. The second kappa shape index (κ2) is 8.03. The van der Waals surface area contributed by atoms with Crippen molar-refractivity contribution in [2.75, 3.05) is 19.7 Å². The van der Waals surface area contributed by atoms with Gasteiger partial charge >= 0.3 is 5.97 Å². The van der Waals surface area contributed by atoms with Crippen LogP contribution in [0.2, 0.25) is 0 Å². The number of hydrogen-bond donors (Lipinski definition) is 0. The maximum Gasteiger partial charge on any atom is 0.310 e. The predicted octanol–water partition coefficient (Wildman–Crippen LogP) is 3.12. The number of hydrogen-bond acceptors (Lipinski definition) is 5. The Kier molecular flexibility index (Phi) is 5.29. The van der Waals surface area contributed by atoms with Crippen LogP contribution in [0.1, 0.15) is 35.9 Å². The smallest absolute Gasteiger partial charge is 0.310 e. The highest BCUT2D eigenvalue weighted by atomic mass is 16.5. The second-order valence-corrected chi connectivity index (χ2v) is 7.29. The number of likely N-dealkylation sites (tertiary alicyclic amines) is 1. The van der Waals surface area contributed by atoms with E-state index in [1.54, 1.807) is 22.4 Å². The van der Waals surface area contributed by atoms with E-state index in [9.17, 15) is 9.59 Å². The van der Waals surface area contributed by atoms with Crippen LogP contribution in [0, 0.1) is 12.8 Å². The van der Waals surface area contributed by atoms with E-state index < -0.39 is 0 Å². The molecule has 150 valence electrons. The Morgan fingerprint density at radius 1 is 1.21 bits per heavy atom. The maximum atomic E-state index is 13.3. The highest BCUT2D eigenvalue weighted by Crippen LogP contribution is 2.23. The third-order valence-corrected chi connectivity index (χ3v) is 5.17. The molecule has 1 amide bonds. The first-order chi connectivity index (χ1) is 14.1. The Labute approximate surface area is 169 Å². The maximum absolute atomic E-state index is 13.3. The van der Waals surface area contributed by atoms with Crippen LogP contribution in [0.15, 0.2) is 42.5 Å². The first-order valence-electron chi connectivity index (χ1n) is 9.95. The number of carbonyl (C=O) groups is 2. The van der Waals surface area contributed by atoms with E-state index in [1.165, 1.54) is 0 Å². The molecule has 1 fully saturated rings. The predicted molar refractivity (Wildman–Crippen MR) is 108 cm³/mol. The zero-order chi connectivity index (χ0) is 20.4. The van der Waals surface area contributed by atoms with Crippen molar-refractivity contribution in [2.24, 2.45) is 5.92 Å². The Balaban J connectivity index is 1.67. The lowest BCUT2D eigenvalue weighted by Crippen LogP contribution is -2.43. The molecule has 29 heavy (non-hydrogen) atoms. The van der Waals surface area contributed by atoms with Crippen molar-refractivity contribution < 1.29 is 14.3 Å². The monoisotopic (exact) mass is 392 g/mol. The van der Waals surface area contributed by atoms with E-state index in [1.807, 2.05) is 43.3 Å². The fourth-order valence-corrected chi connectivity index (χ4v) is 3.78. The molecule has 1 aliphatic rings. The molecule has 2 aromatic heterocycles. The van der Waals surface area contributed by atoms with Crippen molar-refractivity contribution in [1.82, 2.24) is 19.5 Å². The summed E-state index contributed by atoms with van der Waals surface area (Å²) in [6.45, 7) is 4.99. The van der Waals surface area contributed by atoms with Crippen LogP contribution < -0.4 is 0 Å². The van der Waals surface area contributed by atoms with Gasteiger partial charge in [-0.1, -0.05) is 30.3 Å². The van der Waals surface area contributed by atoms with Gasteiger partial charge in [0.05, 0.1) is 18.2 Å². The number of benzene rings is 1. The van der Waals surface area contributed by atoms with Crippen LogP contribution in [0.3, 0.4) is 0 Å². The molecule has 0 saturated carbocycles. The zero-order valence-electron chi connectivity index (χ0n) is 16.7. The van der Waals surface area contributed by atoms with Gasteiger partial charge in [0.15, 0.2) is 5.65 Å². The van der Waals surface area contributed by atoms with E-state index in [2.05, 4.69) is 10.1 Å². The summed E-state index contributed by atoms with van der Waals surface area (Å²) in [7, 11) is 0. The summed E-state index contributed by atoms with van der Waals surface area (Å²) < 4.78 is 6.76. The summed E-state index contributed by atoms with van der Waals surface area (Å²) in [5, 5.41) is 4.64. The van der Waals surface area contributed by atoms with Crippen molar-refractivity contribution in [1.29, 1.82) is 0 Å². The Hall–Kier alpha value is -3.22. The number of carbonyl (C=O) groups excluding carboxylic acids is 2. The van der Waals surface area contributed by atoms with Crippen LogP contribution in [-0.2, 0) is 9.53 Å². The third-order valence-electron chi connectivity index (χ3n) is 5.17. The number of aryl methyl sites for hydroxylation is 1. The first kappa shape index (κ1) is 19.1. The van der Waals surface area contributed by atoms with E-state index >= 15 is 0 Å². The number of ether oxygens (including phenoxy) is 1. The van der Waals surface area contributed by atoms with Crippen LogP contribution in [0.4, 0.5) is 0 Å². The van der Waals surface area contributed by atoms with Gasteiger partial charge in [-0.2, -0.15) is 5.10 Å². The van der Waals surface area contributed by atoms with Crippen LogP contribution >= 0.6 is 0 Å². The van der Waals surface area contributed by atoms with Crippen LogP contribution in [-0.4, -0.2) is 51.1 Å². The molecule has 1 atom stereocenters. The van der Waals surface area contributed by atoms with E-state index in [4.69, 9.17) is 4.74 Å². The van der Waals surface area contributed by atoms with Crippen LogP contribution in [0.25, 0.3) is 16.9 Å². The van der Waals surface area contributed by atoms with E-state index in [0.717, 1.165) is 29.8 Å². The molecule has 1 saturated heterocycles. The molecule has 0 bridgehead atoms. The fourth-order valence-electron chi connectivity index (χ4n) is 3.78. The largest absolute Gasteiger partial charge is 0.466 e. The molecule has 1 aliphatic heterocycles. The highest BCUT2D eigenvalue weighted by molar-refractivity contribution is 5.94. The van der Waals surface area contributed by atoms with Gasteiger partial charge in [0.2, 0.25) is 0 Å². The molecule has 7 heteroatoms. The molecule has 0 N–H and O–H groups in total. The quantitative estimate of drug-likeness (QED) is 0.638. The average Bonchev–Trinajstić information content (AvgIpc) is 3.17. The lowest BCUT2D eigenvalue weighted by Gasteiger charge is -2.31. The number of piperidine rings is 1. The minimum Gasteiger partial charge on any atom is -0.466 e. The number of amides is 1. The van der Waals surface area contributed by atoms with E-state index in [0.29, 0.717) is 31.0 Å². The zero-order valence-corrected chi connectivity index (χ0v) is 16.7. The molecule has 0 spiro atoms. The number of fused-ring (bicyclic) bond motifs is 1. The SMILES string of the molecule is CCOC(=O)C1CCCN(C(=O)c2cc(C)nc3cc(-c4ccccc4)nn23)C1. The van der Waals surface area contributed by atoms with Gasteiger partial charge in [0.1, 0.15) is 5.69 Å². The van der Waals surface area contributed by atoms with Crippen molar-refractivity contribution in [3.05, 3.63) is 53.9 Å². The summed E-state index contributed by atoms with van der Waals surface area (Å²) in [6.07, 6.45) is 1.52. The molecule has 4 rings (SSSR count). The van der Waals surface area contributed by atoms with Gasteiger partial charge in [-0.25, -0.2) is 9.50 Å². The fraction of sp³-hybridized carbons (Fsp3) is 0.364. The lowest BCUT2D eigenvalue weighted by atomic mass is 9.98. The molecule has 3 heterocycles. The molecule has 0 aliphatic carbocycles. The van der Waals surface area contributed by atoms with Gasteiger partial charge in [-0.3, -0.25) is 9.59 Å². The summed E-state index contributed by atoms with van der Waals surface area (Å²) in [6, 6.07) is 13.4. The molecular formula is C22H24N4O3. The van der Waals surface area contributed by atoms with Gasteiger partial charge < -0.3 is 9.64 Å². The number of esters is 1. The number of rotatable bonds is 4. The van der Waals surface area contributed by atoms with E-state index in [-0.39, 0.29) is 17.8 Å². The normalized spacial score (nSPS) is 16.8. The van der Waals surface area contributed by atoms with Crippen molar-refractivity contribution in [3.8, 4) is 11.3 Å². The Morgan fingerprint density at radius 2 is 2.00 bits per heavy atom. The minimum absolute atomic E-state index is 0.141. The summed E-state index contributed by atoms with van der Waals surface area (Å²) in [5.74, 6) is -0.646. The summed E-state index contributed by atoms with van der Waals surface area (Å²) in [4.78, 5) is 31.7. The highest BCUT2D eigenvalue weighted by Gasteiger charge is 2.31. The molecule has 1 unspecified atom stereocenters. The van der Waals surface area contributed by atoms with Crippen molar-refractivity contribution in [3.63, 3.8) is 0 Å². The van der Waals surface area contributed by atoms with Crippen molar-refractivity contribution in [2.45, 2.75) is 26.7 Å². The molecule has 7 nitrogen and oxygen atoms in total. The Morgan fingerprint density at radius 3 is 2.76 bits per heavy atom. The molecule has 3 aromatic rings. The van der Waals surface area contributed by atoms with Crippen LogP contribution in [0.5, 0.6) is 0 Å². The van der Waals surface area contributed by atoms with Crippen molar-refractivity contribution >= 4 is 17.5 Å². The molecule has 1 aromatic carbocycles. The average molecular weight is 392 g/mol. The topological polar surface area (TPSA) is 76.8 Å². The third kappa shape index (κ3) is 3.85.